The topological polar surface area (TPSA) is 63.2 Å². The summed E-state index contributed by atoms with van der Waals surface area (Å²) in [5.74, 6) is -14.5. The molecule has 1 N–H and O–H groups in total. The average molecular weight is 401 g/mol. The Balaban J connectivity index is 3.58. The van der Waals surface area contributed by atoms with Crippen LogP contribution in [0.1, 0.15) is 34.6 Å². The van der Waals surface area contributed by atoms with E-state index in [0.29, 0.717) is 0 Å². The fourth-order valence-corrected chi connectivity index (χ4v) is 4.62. The highest BCUT2D eigenvalue weighted by molar-refractivity contribution is 7.91. The Labute approximate surface area is 148 Å². The van der Waals surface area contributed by atoms with Gasteiger partial charge in [-0.05, 0) is 20.8 Å². The van der Waals surface area contributed by atoms with Crippen molar-refractivity contribution in [2.75, 3.05) is 5.75 Å². The maximum Gasteiger partial charge on any atom is 0.200 e. The maximum atomic E-state index is 13.9. The number of hydrogen-bond acceptors (Lipinski definition) is 4. The first-order valence-corrected chi connectivity index (χ1v) is 9.37. The van der Waals surface area contributed by atoms with Gasteiger partial charge in [0.15, 0.2) is 38.9 Å². The van der Waals surface area contributed by atoms with Crippen LogP contribution in [-0.2, 0) is 14.6 Å². The van der Waals surface area contributed by atoms with Crippen molar-refractivity contribution in [3.05, 3.63) is 29.1 Å². The summed E-state index contributed by atoms with van der Waals surface area (Å²) in [6.07, 6.45) is 0. The summed E-state index contributed by atoms with van der Waals surface area (Å²) in [6, 6.07) is -0.394. The van der Waals surface area contributed by atoms with Gasteiger partial charge in [-0.1, -0.05) is 13.8 Å². The quantitative estimate of drug-likeness (QED) is 0.330. The van der Waals surface area contributed by atoms with Crippen LogP contribution in [0.2, 0.25) is 0 Å². The molecule has 1 unspecified atom stereocenters. The second kappa shape index (κ2) is 7.59. The van der Waals surface area contributed by atoms with E-state index in [2.05, 4.69) is 5.32 Å². The van der Waals surface area contributed by atoms with Crippen molar-refractivity contribution in [2.24, 2.45) is 5.92 Å². The lowest BCUT2D eigenvalue weighted by atomic mass is 9.90. The van der Waals surface area contributed by atoms with Crippen molar-refractivity contribution in [1.82, 2.24) is 5.32 Å². The van der Waals surface area contributed by atoms with E-state index in [-0.39, 0.29) is 0 Å². The molecule has 0 spiro atoms. The highest BCUT2D eigenvalue weighted by Crippen LogP contribution is 2.29. The Morgan fingerprint density at radius 1 is 0.923 bits per heavy atom. The Morgan fingerprint density at radius 2 is 1.31 bits per heavy atom. The predicted molar refractivity (Wildman–Crippen MR) is 84.8 cm³/mol. The smallest absolute Gasteiger partial charge is 0.200 e. The van der Waals surface area contributed by atoms with Gasteiger partial charge in [0.1, 0.15) is 4.90 Å². The van der Waals surface area contributed by atoms with Gasteiger partial charge in [0.05, 0.1) is 11.3 Å². The van der Waals surface area contributed by atoms with Gasteiger partial charge >= 0.3 is 0 Å². The molecule has 1 aromatic rings. The molecule has 26 heavy (non-hydrogen) atoms. The van der Waals surface area contributed by atoms with Gasteiger partial charge in [-0.25, -0.2) is 30.4 Å². The van der Waals surface area contributed by atoms with E-state index in [1.807, 2.05) is 0 Å². The number of sulfone groups is 1. The number of halogens is 5. The van der Waals surface area contributed by atoms with Crippen LogP contribution in [0.4, 0.5) is 22.0 Å². The summed E-state index contributed by atoms with van der Waals surface area (Å²) in [4.78, 5) is 10.5. The summed E-state index contributed by atoms with van der Waals surface area (Å²) < 4.78 is 92.6. The second-order valence-corrected chi connectivity index (χ2v) is 8.73. The Bertz CT molecular complexity index is 795. The van der Waals surface area contributed by atoms with E-state index < -0.39 is 72.9 Å². The molecule has 0 amide bonds. The number of hydrogen-bond donors (Lipinski definition) is 1. The molecule has 0 aliphatic carbocycles. The van der Waals surface area contributed by atoms with E-state index >= 15 is 0 Å². The fraction of sp³-hybridized carbons (Fsp3) is 0.562. The van der Waals surface area contributed by atoms with E-state index in [4.69, 9.17) is 0 Å². The third kappa shape index (κ3) is 4.22. The van der Waals surface area contributed by atoms with Crippen molar-refractivity contribution in [1.29, 1.82) is 0 Å². The van der Waals surface area contributed by atoms with Gasteiger partial charge in [0, 0.05) is 12.0 Å². The number of carbonyl (C=O) groups is 1. The van der Waals surface area contributed by atoms with Gasteiger partial charge < -0.3 is 5.32 Å². The van der Waals surface area contributed by atoms with Crippen molar-refractivity contribution in [3.8, 4) is 0 Å². The van der Waals surface area contributed by atoms with Crippen molar-refractivity contribution >= 4 is 15.6 Å². The number of benzene rings is 1. The first-order chi connectivity index (χ1) is 11.7. The van der Waals surface area contributed by atoms with Crippen LogP contribution in [0.3, 0.4) is 0 Å². The van der Waals surface area contributed by atoms with E-state index in [1.54, 1.807) is 13.8 Å². The zero-order valence-electron chi connectivity index (χ0n) is 14.9. The molecule has 0 bridgehead atoms. The minimum absolute atomic E-state index is 0.394. The number of nitrogens with one attached hydrogen (secondary N) is 1. The lowest BCUT2D eigenvalue weighted by Gasteiger charge is -2.33. The lowest BCUT2D eigenvalue weighted by molar-refractivity contribution is -0.127. The maximum absolute atomic E-state index is 13.9. The first-order valence-electron chi connectivity index (χ1n) is 7.72. The third-order valence-electron chi connectivity index (χ3n) is 3.63. The molecular weight excluding hydrogens is 381 g/mol. The molecule has 0 fully saturated rings. The molecule has 148 valence electrons. The average Bonchev–Trinajstić information content (AvgIpc) is 2.48. The molecule has 0 aromatic heterocycles. The van der Waals surface area contributed by atoms with Crippen LogP contribution in [0, 0.1) is 35.0 Å². The molecule has 0 radical (unpaired) electrons. The fourth-order valence-electron chi connectivity index (χ4n) is 2.77. The molecule has 0 saturated heterocycles. The van der Waals surface area contributed by atoms with Crippen LogP contribution in [0.25, 0.3) is 0 Å². The number of carbonyl (C=O) groups excluding carboxylic acids is 1. The van der Waals surface area contributed by atoms with E-state index in [1.165, 1.54) is 20.8 Å². The number of Topliss-reactive ketones (excluding diaryl/α,β-unsaturated/α-hetero) is 1. The van der Waals surface area contributed by atoms with Crippen LogP contribution in [-0.4, -0.2) is 31.5 Å². The summed E-state index contributed by atoms with van der Waals surface area (Å²) in [6.45, 7) is 7.41. The van der Waals surface area contributed by atoms with Crippen LogP contribution < -0.4 is 5.32 Å². The second-order valence-electron chi connectivity index (χ2n) is 6.81. The summed E-state index contributed by atoms with van der Waals surface area (Å²) >= 11 is 0. The van der Waals surface area contributed by atoms with Crippen molar-refractivity contribution in [3.63, 3.8) is 0 Å². The molecule has 10 heteroatoms. The zero-order valence-corrected chi connectivity index (χ0v) is 15.7. The molecular formula is C16H20F5NO3S. The van der Waals surface area contributed by atoms with Gasteiger partial charge in [0.25, 0.3) is 0 Å². The van der Waals surface area contributed by atoms with Gasteiger partial charge in [-0.15, -0.1) is 0 Å². The zero-order chi connectivity index (χ0) is 20.6. The van der Waals surface area contributed by atoms with E-state index in [0.717, 1.165) is 0 Å². The number of ketones is 1. The molecule has 0 aliphatic rings. The summed E-state index contributed by atoms with van der Waals surface area (Å²) in [5.41, 5.74) is -1.79. The van der Waals surface area contributed by atoms with Crippen molar-refractivity contribution < 1.29 is 35.2 Å². The van der Waals surface area contributed by atoms with Gasteiger partial charge in [-0.2, -0.15) is 0 Å². The summed E-state index contributed by atoms with van der Waals surface area (Å²) in [5, 5.41) is 2.71. The molecule has 1 rings (SSSR count). The first kappa shape index (κ1) is 22.5. The lowest BCUT2D eigenvalue weighted by Crippen LogP contribution is -2.58. The summed E-state index contributed by atoms with van der Waals surface area (Å²) in [7, 11) is -5.05. The Hall–Kier alpha value is -1.55. The minimum atomic E-state index is -5.05. The highest BCUT2D eigenvalue weighted by Gasteiger charge is 2.43. The monoisotopic (exact) mass is 401 g/mol. The Morgan fingerprint density at radius 3 is 1.65 bits per heavy atom. The highest BCUT2D eigenvalue weighted by atomic mass is 32.2. The molecule has 1 atom stereocenters. The largest absolute Gasteiger partial charge is 0.302 e. The van der Waals surface area contributed by atoms with Crippen molar-refractivity contribution in [2.45, 2.75) is 51.1 Å². The molecule has 4 nitrogen and oxygen atoms in total. The predicted octanol–water partition coefficient (Wildman–Crippen LogP) is 3.14. The van der Waals surface area contributed by atoms with Gasteiger partial charge in [-0.3, -0.25) is 4.79 Å². The normalized spacial score (nSPS) is 14.8. The standard InChI is InChI=1S/C16H20F5NO3S/c1-7(2)15(23)16(5,22-8(3)4)6-26(24,25)14-12(20)10(18)9(17)11(19)13(14)21/h7-8,22H,6H2,1-5H3. The number of rotatable bonds is 7. The third-order valence-corrected chi connectivity index (χ3v) is 5.57. The SMILES string of the molecule is CC(C)NC(C)(CS(=O)(=O)c1c(F)c(F)c(F)c(F)c1F)C(=O)C(C)C. The molecule has 0 saturated carbocycles. The van der Waals surface area contributed by atoms with Crippen LogP contribution in [0.5, 0.6) is 0 Å². The van der Waals surface area contributed by atoms with Crippen LogP contribution in [0.15, 0.2) is 4.90 Å². The molecule has 1 aromatic carbocycles. The minimum Gasteiger partial charge on any atom is -0.302 e. The molecule has 0 aliphatic heterocycles. The molecule has 0 heterocycles. The van der Waals surface area contributed by atoms with Gasteiger partial charge in [0.2, 0.25) is 5.82 Å². The Kier molecular flexibility index (Phi) is 6.57. The van der Waals surface area contributed by atoms with Crippen LogP contribution >= 0.6 is 0 Å². The van der Waals surface area contributed by atoms with E-state index in [9.17, 15) is 35.2 Å².